The molecule has 1 atom stereocenters. The predicted octanol–water partition coefficient (Wildman–Crippen LogP) is 1.67. The number of primary amides is 1. The molecule has 0 saturated heterocycles. The summed E-state index contributed by atoms with van der Waals surface area (Å²) < 4.78 is 0.867. The van der Waals surface area contributed by atoms with Gasteiger partial charge in [0.2, 0.25) is 5.91 Å². The van der Waals surface area contributed by atoms with Crippen LogP contribution in [0.4, 0.5) is 0 Å². The number of carbonyl (C=O) groups is 2. The normalized spacial score (nSPS) is 11.7. The highest BCUT2D eigenvalue weighted by molar-refractivity contribution is 9.10. The van der Waals surface area contributed by atoms with Crippen molar-refractivity contribution in [2.75, 3.05) is 0 Å². The van der Waals surface area contributed by atoms with E-state index in [1.807, 2.05) is 24.3 Å². The van der Waals surface area contributed by atoms with Gasteiger partial charge in [-0.1, -0.05) is 34.1 Å². The van der Waals surface area contributed by atoms with Crippen LogP contribution in [-0.4, -0.2) is 22.8 Å². The third-order valence-corrected chi connectivity index (χ3v) is 3.73. The van der Waals surface area contributed by atoms with Gasteiger partial charge in [0.25, 0.3) is 5.91 Å². The molecular formula is C15H14BrN3O2. The highest BCUT2D eigenvalue weighted by Crippen LogP contribution is 2.17. The molecule has 2 amide bonds. The quantitative estimate of drug-likeness (QED) is 0.862. The van der Waals surface area contributed by atoms with Gasteiger partial charge >= 0.3 is 0 Å². The van der Waals surface area contributed by atoms with Gasteiger partial charge in [-0.25, -0.2) is 0 Å². The Bertz CT molecular complexity index is 646. The summed E-state index contributed by atoms with van der Waals surface area (Å²) in [6, 6.07) is 9.98. The molecule has 21 heavy (non-hydrogen) atoms. The van der Waals surface area contributed by atoms with Crippen molar-refractivity contribution < 1.29 is 9.59 Å². The van der Waals surface area contributed by atoms with E-state index >= 15 is 0 Å². The minimum Gasteiger partial charge on any atom is -0.368 e. The standard InChI is InChI=1S/C15H14BrN3O2/c16-12-6-2-1-4-10(12)8-13(14(17)20)19-15(21)11-5-3-7-18-9-11/h1-7,9,13H,8H2,(H2,17,20)(H,19,21)/t13-/m0/s1. The first-order chi connectivity index (χ1) is 10.1. The van der Waals surface area contributed by atoms with Crippen LogP contribution in [0.1, 0.15) is 15.9 Å². The molecule has 5 nitrogen and oxygen atoms in total. The second kappa shape index (κ2) is 6.99. The molecule has 0 bridgehead atoms. The Labute approximate surface area is 130 Å². The topological polar surface area (TPSA) is 85.1 Å². The summed E-state index contributed by atoms with van der Waals surface area (Å²) in [7, 11) is 0. The highest BCUT2D eigenvalue weighted by Gasteiger charge is 2.20. The molecule has 2 aromatic rings. The van der Waals surface area contributed by atoms with Gasteiger partial charge in [0, 0.05) is 23.3 Å². The number of benzene rings is 1. The smallest absolute Gasteiger partial charge is 0.253 e. The molecule has 0 unspecified atom stereocenters. The maximum absolute atomic E-state index is 12.1. The summed E-state index contributed by atoms with van der Waals surface area (Å²) in [5, 5.41) is 2.63. The number of nitrogens with zero attached hydrogens (tertiary/aromatic N) is 1. The maximum Gasteiger partial charge on any atom is 0.253 e. The zero-order valence-electron chi connectivity index (χ0n) is 11.1. The molecule has 0 aliphatic rings. The van der Waals surface area contributed by atoms with Crippen LogP contribution in [-0.2, 0) is 11.2 Å². The minimum atomic E-state index is -0.781. The lowest BCUT2D eigenvalue weighted by Gasteiger charge is -2.16. The second-order valence-electron chi connectivity index (χ2n) is 4.47. The summed E-state index contributed by atoms with van der Waals surface area (Å²) in [6.45, 7) is 0. The summed E-state index contributed by atoms with van der Waals surface area (Å²) in [4.78, 5) is 27.5. The van der Waals surface area contributed by atoms with E-state index in [0.717, 1.165) is 10.0 Å². The Morgan fingerprint density at radius 2 is 2.00 bits per heavy atom. The van der Waals surface area contributed by atoms with Crippen LogP contribution >= 0.6 is 15.9 Å². The number of aromatic nitrogens is 1. The Hall–Kier alpha value is -2.21. The van der Waals surface area contributed by atoms with Gasteiger partial charge in [-0.05, 0) is 23.8 Å². The van der Waals surface area contributed by atoms with Crippen molar-refractivity contribution in [3.8, 4) is 0 Å². The van der Waals surface area contributed by atoms with E-state index < -0.39 is 11.9 Å². The molecule has 0 aliphatic carbocycles. The fourth-order valence-corrected chi connectivity index (χ4v) is 2.29. The zero-order valence-corrected chi connectivity index (χ0v) is 12.7. The van der Waals surface area contributed by atoms with Gasteiger partial charge in [-0.15, -0.1) is 0 Å². The van der Waals surface area contributed by atoms with E-state index in [1.54, 1.807) is 18.3 Å². The molecule has 3 N–H and O–H groups in total. The van der Waals surface area contributed by atoms with Gasteiger partial charge < -0.3 is 11.1 Å². The molecule has 2 rings (SSSR count). The van der Waals surface area contributed by atoms with Crippen LogP contribution in [0.25, 0.3) is 0 Å². The Morgan fingerprint density at radius 1 is 1.24 bits per heavy atom. The molecule has 0 fully saturated rings. The van der Waals surface area contributed by atoms with Crippen molar-refractivity contribution >= 4 is 27.7 Å². The van der Waals surface area contributed by atoms with E-state index in [-0.39, 0.29) is 5.91 Å². The Balaban J connectivity index is 2.12. The Kier molecular flexibility index (Phi) is 5.05. The molecule has 0 spiro atoms. The lowest BCUT2D eigenvalue weighted by molar-refractivity contribution is -0.119. The monoisotopic (exact) mass is 347 g/mol. The SMILES string of the molecule is NC(=O)[C@H](Cc1ccccc1Br)NC(=O)c1cccnc1. The summed E-state index contributed by atoms with van der Waals surface area (Å²) in [5.74, 6) is -0.957. The van der Waals surface area contributed by atoms with Crippen molar-refractivity contribution in [2.45, 2.75) is 12.5 Å². The summed E-state index contributed by atoms with van der Waals surface area (Å²) in [6.07, 6.45) is 3.33. The van der Waals surface area contributed by atoms with Crippen molar-refractivity contribution in [3.63, 3.8) is 0 Å². The molecule has 0 saturated carbocycles. The Morgan fingerprint density at radius 3 is 2.62 bits per heavy atom. The summed E-state index contributed by atoms with van der Waals surface area (Å²) >= 11 is 3.41. The van der Waals surface area contributed by atoms with Crippen LogP contribution in [0.3, 0.4) is 0 Å². The third-order valence-electron chi connectivity index (χ3n) is 2.95. The van der Waals surface area contributed by atoms with Crippen molar-refractivity contribution in [3.05, 3.63) is 64.4 Å². The van der Waals surface area contributed by atoms with Gasteiger partial charge in [0.15, 0.2) is 0 Å². The van der Waals surface area contributed by atoms with Crippen LogP contribution in [0.5, 0.6) is 0 Å². The van der Waals surface area contributed by atoms with Gasteiger partial charge in [0.05, 0.1) is 5.56 Å². The molecule has 0 aliphatic heterocycles. The minimum absolute atomic E-state index is 0.322. The van der Waals surface area contributed by atoms with Crippen molar-refractivity contribution in [1.82, 2.24) is 10.3 Å². The molecular weight excluding hydrogens is 334 g/mol. The van der Waals surface area contributed by atoms with Crippen molar-refractivity contribution in [1.29, 1.82) is 0 Å². The number of carbonyl (C=O) groups excluding carboxylic acids is 2. The number of pyridine rings is 1. The molecule has 1 heterocycles. The third kappa shape index (κ3) is 4.13. The number of amides is 2. The molecule has 1 aromatic carbocycles. The van der Waals surface area contributed by atoms with Crippen LogP contribution in [0.15, 0.2) is 53.3 Å². The largest absolute Gasteiger partial charge is 0.368 e. The fraction of sp³-hybridized carbons (Fsp3) is 0.133. The van der Waals surface area contributed by atoms with E-state index in [4.69, 9.17) is 5.73 Å². The first-order valence-electron chi connectivity index (χ1n) is 6.31. The summed E-state index contributed by atoms with van der Waals surface area (Å²) in [5.41, 5.74) is 6.66. The first kappa shape index (κ1) is 15.2. The van der Waals surface area contributed by atoms with Crippen LogP contribution in [0.2, 0.25) is 0 Å². The molecule has 6 heteroatoms. The van der Waals surface area contributed by atoms with Gasteiger partial charge in [-0.3, -0.25) is 14.6 Å². The molecule has 1 aromatic heterocycles. The highest BCUT2D eigenvalue weighted by atomic mass is 79.9. The predicted molar refractivity (Wildman–Crippen MR) is 82.5 cm³/mol. The number of nitrogens with two attached hydrogens (primary N) is 1. The number of nitrogens with one attached hydrogen (secondary N) is 1. The lowest BCUT2D eigenvalue weighted by Crippen LogP contribution is -2.45. The van der Waals surface area contributed by atoms with E-state index in [0.29, 0.717) is 12.0 Å². The van der Waals surface area contributed by atoms with Crippen LogP contribution < -0.4 is 11.1 Å². The van der Waals surface area contributed by atoms with Gasteiger partial charge in [-0.2, -0.15) is 0 Å². The van der Waals surface area contributed by atoms with E-state index in [9.17, 15) is 9.59 Å². The second-order valence-corrected chi connectivity index (χ2v) is 5.32. The lowest BCUT2D eigenvalue weighted by atomic mass is 10.1. The van der Waals surface area contributed by atoms with Crippen LogP contribution in [0, 0.1) is 0 Å². The zero-order chi connectivity index (χ0) is 15.2. The fourth-order valence-electron chi connectivity index (χ4n) is 1.85. The van der Waals surface area contributed by atoms with Gasteiger partial charge in [0.1, 0.15) is 6.04 Å². The number of hydrogen-bond donors (Lipinski definition) is 2. The molecule has 0 radical (unpaired) electrons. The number of halogens is 1. The van der Waals surface area contributed by atoms with E-state index in [1.165, 1.54) is 6.20 Å². The molecule has 108 valence electrons. The first-order valence-corrected chi connectivity index (χ1v) is 7.11. The number of rotatable bonds is 5. The average Bonchev–Trinajstić information content (AvgIpc) is 2.49. The average molecular weight is 348 g/mol. The number of hydrogen-bond acceptors (Lipinski definition) is 3. The van der Waals surface area contributed by atoms with E-state index in [2.05, 4.69) is 26.2 Å². The van der Waals surface area contributed by atoms with Crippen molar-refractivity contribution in [2.24, 2.45) is 5.73 Å². The maximum atomic E-state index is 12.1.